The van der Waals surface area contributed by atoms with Gasteiger partial charge in [-0.1, -0.05) is 49.4 Å². The van der Waals surface area contributed by atoms with Crippen molar-refractivity contribution in [2.75, 3.05) is 4.31 Å². The molecule has 0 spiro atoms. The first-order valence-corrected chi connectivity index (χ1v) is 9.30. The van der Waals surface area contributed by atoms with E-state index in [-0.39, 0.29) is 6.04 Å². The van der Waals surface area contributed by atoms with E-state index in [1.54, 1.807) is 16.4 Å². The average Bonchev–Trinajstić information content (AvgIpc) is 2.54. The zero-order valence-corrected chi connectivity index (χ0v) is 14.5. The molecule has 1 aliphatic heterocycles. The van der Waals surface area contributed by atoms with E-state index >= 15 is 0 Å². The van der Waals surface area contributed by atoms with Gasteiger partial charge in [-0.25, -0.2) is 8.42 Å². The Morgan fingerprint density at radius 3 is 2.39 bits per heavy atom. The fraction of sp³-hybridized carbons (Fsp3) is 0.263. The molecule has 0 radical (unpaired) electrons. The van der Waals surface area contributed by atoms with Crippen molar-refractivity contribution in [3.05, 3.63) is 65.2 Å². The zero-order valence-electron chi connectivity index (χ0n) is 13.7. The molecule has 2 aromatic carbocycles. The summed E-state index contributed by atoms with van der Waals surface area (Å²) >= 11 is 0. The summed E-state index contributed by atoms with van der Waals surface area (Å²) in [6, 6.07) is 14.7. The van der Waals surface area contributed by atoms with E-state index in [0.717, 1.165) is 28.8 Å². The first kappa shape index (κ1) is 15.8. The number of anilines is 1. The summed E-state index contributed by atoms with van der Waals surface area (Å²) in [7, 11) is -3.61. The van der Waals surface area contributed by atoms with Crippen molar-refractivity contribution in [2.24, 2.45) is 0 Å². The number of hydrogen-bond donors (Lipinski definition) is 0. The van der Waals surface area contributed by atoms with Gasteiger partial charge in [0.1, 0.15) is 0 Å². The monoisotopic (exact) mass is 327 g/mol. The predicted octanol–water partition coefficient (Wildman–Crippen LogP) is 4.39. The predicted molar refractivity (Wildman–Crippen MR) is 95.0 cm³/mol. The fourth-order valence-corrected chi connectivity index (χ4v) is 5.09. The van der Waals surface area contributed by atoms with Crippen LogP contribution in [0.25, 0.3) is 6.08 Å². The SMILES string of the molecule is CCC1=Cc2ccccc2N(S(=O)(=O)c2ccccc2C)C1C. The molecule has 0 amide bonds. The van der Waals surface area contributed by atoms with Gasteiger partial charge < -0.3 is 0 Å². The third kappa shape index (κ3) is 2.57. The van der Waals surface area contributed by atoms with Crippen molar-refractivity contribution in [2.45, 2.75) is 38.1 Å². The lowest BCUT2D eigenvalue weighted by atomic mass is 9.97. The molecule has 0 fully saturated rings. The highest BCUT2D eigenvalue weighted by atomic mass is 32.2. The van der Waals surface area contributed by atoms with Crippen molar-refractivity contribution in [1.82, 2.24) is 0 Å². The lowest BCUT2D eigenvalue weighted by Crippen LogP contribution is -2.42. The van der Waals surface area contributed by atoms with E-state index in [2.05, 4.69) is 13.0 Å². The van der Waals surface area contributed by atoms with Gasteiger partial charge in [0.2, 0.25) is 0 Å². The van der Waals surface area contributed by atoms with Gasteiger partial charge in [0.25, 0.3) is 10.0 Å². The van der Waals surface area contributed by atoms with Crippen LogP contribution in [0.15, 0.2) is 59.0 Å². The number of fused-ring (bicyclic) bond motifs is 1. The molecule has 2 aromatic rings. The average molecular weight is 327 g/mol. The molecule has 1 aliphatic rings. The van der Waals surface area contributed by atoms with Crippen LogP contribution in [0.1, 0.15) is 31.4 Å². The molecular formula is C19H21NO2S. The van der Waals surface area contributed by atoms with Crippen LogP contribution in [-0.2, 0) is 10.0 Å². The Bertz CT molecular complexity index is 868. The molecule has 23 heavy (non-hydrogen) atoms. The molecule has 0 saturated heterocycles. The summed E-state index contributed by atoms with van der Waals surface area (Å²) in [6.07, 6.45) is 2.94. The fourth-order valence-electron chi connectivity index (χ4n) is 3.18. The first-order valence-electron chi connectivity index (χ1n) is 7.86. The molecule has 0 bridgehead atoms. The molecule has 0 aromatic heterocycles. The maximum absolute atomic E-state index is 13.3. The third-order valence-electron chi connectivity index (χ3n) is 4.44. The van der Waals surface area contributed by atoms with E-state index in [0.29, 0.717) is 4.90 Å². The van der Waals surface area contributed by atoms with Crippen molar-refractivity contribution in [1.29, 1.82) is 0 Å². The number of sulfonamides is 1. The van der Waals surface area contributed by atoms with Gasteiger partial charge >= 0.3 is 0 Å². The Hall–Kier alpha value is -2.07. The van der Waals surface area contributed by atoms with Gasteiger partial charge in [-0.3, -0.25) is 4.31 Å². The maximum Gasteiger partial charge on any atom is 0.265 e. The van der Waals surface area contributed by atoms with Gasteiger partial charge in [-0.05, 0) is 49.1 Å². The topological polar surface area (TPSA) is 37.4 Å². The highest BCUT2D eigenvalue weighted by molar-refractivity contribution is 7.93. The summed E-state index contributed by atoms with van der Waals surface area (Å²) < 4.78 is 28.3. The largest absolute Gasteiger partial charge is 0.265 e. The molecule has 4 heteroatoms. The Balaban J connectivity index is 2.22. The summed E-state index contributed by atoms with van der Waals surface area (Å²) in [4.78, 5) is 0.374. The molecule has 120 valence electrons. The molecule has 0 aliphatic carbocycles. The summed E-state index contributed by atoms with van der Waals surface area (Å²) in [5, 5.41) is 0. The Kier molecular flexibility index (Phi) is 4.02. The van der Waals surface area contributed by atoms with Crippen molar-refractivity contribution in [3.63, 3.8) is 0 Å². The summed E-state index contributed by atoms with van der Waals surface area (Å²) in [5.74, 6) is 0. The Morgan fingerprint density at radius 1 is 1.04 bits per heavy atom. The van der Waals surface area contributed by atoms with Crippen LogP contribution in [-0.4, -0.2) is 14.5 Å². The molecule has 3 rings (SSSR count). The Morgan fingerprint density at radius 2 is 1.70 bits per heavy atom. The highest BCUT2D eigenvalue weighted by Gasteiger charge is 2.35. The van der Waals surface area contributed by atoms with Crippen LogP contribution in [0.4, 0.5) is 5.69 Å². The van der Waals surface area contributed by atoms with Crippen LogP contribution in [0.3, 0.4) is 0 Å². The summed E-state index contributed by atoms with van der Waals surface area (Å²) in [6.45, 7) is 5.86. The number of rotatable bonds is 3. The van der Waals surface area contributed by atoms with Crippen molar-refractivity contribution >= 4 is 21.8 Å². The molecule has 1 unspecified atom stereocenters. The number of aryl methyl sites for hydroxylation is 1. The van der Waals surface area contributed by atoms with Crippen LogP contribution >= 0.6 is 0 Å². The van der Waals surface area contributed by atoms with Crippen molar-refractivity contribution < 1.29 is 8.42 Å². The van der Waals surface area contributed by atoms with Crippen LogP contribution in [0.5, 0.6) is 0 Å². The second kappa shape index (κ2) is 5.85. The van der Waals surface area contributed by atoms with Gasteiger partial charge in [0.15, 0.2) is 0 Å². The van der Waals surface area contributed by atoms with Crippen LogP contribution < -0.4 is 4.31 Å². The van der Waals surface area contributed by atoms with E-state index in [4.69, 9.17) is 0 Å². The van der Waals surface area contributed by atoms with E-state index in [1.807, 2.05) is 50.2 Å². The first-order chi connectivity index (χ1) is 11.0. The maximum atomic E-state index is 13.3. The minimum absolute atomic E-state index is 0.181. The number of benzene rings is 2. The van der Waals surface area contributed by atoms with Crippen molar-refractivity contribution in [3.8, 4) is 0 Å². The lowest BCUT2D eigenvalue weighted by molar-refractivity contribution is 0.584. The van der Waals surface area contributed by atoms with Gasteiger partial charge in [0.05, 0.1) is 16.6 Å². The molecular weight excluding hydrogens is 306 g/mol. The van der Waals surface area contributed by atoms with E-state index in [1.165, 1.54) is 0 Å². The quantitative estimate of drug-likeness (QED) is 0.838. The van der Waals surface area contributed by atoms with Gasteiger partial charge in [-0.15, -0.1) is 0 Å². The molecule has 1 heterocycles. The molecule has 1 atom stereocenters. The van der Waals surface area contributed by atoms with Crippen LogP contribution in [0.2, 0.25) is 0 Å². The van der Waals surface area contributed by atoms with Gasteiger partial charge in [-0.2, -0.15) is 0 Å². The zero-order chi connectivity index (χ0) is 16.6. The molecule has 3 nitrogen and oxygen atoms in total. The Labute approximate surface area is 138 Å². The second-order valence-corrected chi connectivity index (χ2v) is 7.66. The van der Waals surface area contributed by atoms with E-state index < -0.39 is 10.0 Å². The molecule has 0 N–H and O–H groups in total. The third-order valence-corrected chi connectivity index (χ3v) is 6.49. The number of para-hydroxylation sites is 1. The number of nitrogens with zero attached hydrogens (tertiary/aromatic N) is 1. The van der Waals surface area contributed by atoms with Gasteiger partial charge in [0, 0.05) is 0 Å². The molecule has 0 saturated carbocycles. The standard InChI is InChI=1S/C19H21NO2S/c1-4-16-13-17-10-6-7-11-18(17)20(15(16)3)23(21,22)19-12-8-5-9-14(19)2/h5-13,15H,4H2,1-3H3. The highest BCUT2D eigenvalue weighted by Crippen LogP contribution is 2.38. The minimum Gasteiger partial charge on any atom is -0.259 e. The normalized spacial score (nSPS) is 17.6. The second-order valence-electron chi connectivity index (χ2n) is 5.87. The summed E-state index contributed by atoms with van der Waals surface area (Å²) in [5.41, 5.74) is 3.60. The minimum atomic E-state index is -3.61. The van der Waals surface area contributed by atoms with Crippen LogP contribution in [0, 0.1) is 6.92 Å². The van der Waals surface area contributed by atoms with E-state index in [9.17, 15) is 8.42 Å². The lowest BCUT2D eigenvalue weighted by Gasteiger charge is -2.36. The number of hydrogen-bond acceptors (Lipinski definition) is 2. The smallest absolute Gasteiger partial charge is 0.259 e.